The third kappa shape index (κ3) is 4.18. The molecule has 1 saturated heterocycles. The van der Waals surface area contributed by atoms with Crippen LogP contribution in [0.25, 0.3) is 0 Å². The zero-order chi connectivity index (χ0) is 14.8. The van der Waals surface area contributed by atoms with E-state index in [1.165, 1.54) is 18.1 Å². The molecule has 0 radical (unpaired) electrons. The lowest BCUT2D eigenvalue weighted by atomic mass is 9.79. The van der Waals surface area contributed by atoms with Crippen molar-refractivity contribution in [1.82, 2.24) is 10.4 Å². The second kappa shape index (κ2) is 5.47. The van der Waals surface area contributed by atoms with Crippen LogP contribution in [-0.2, 0) is 4.79 Å². The molecule has 1 fully saturated rings. The van der Waals surface area contributed by atoms with Gasteiger partial charge in [-0.25, -0.2) is 0 Å². The molecule has 0 atom stereocenters. The van der Waals surface area contributed by atoms with Crippen LogP contribution in [0.15, 0.2) is 24.4 Å². The minimum atomic E-state index is -0.288. The summed E-state index contributed by atoms with van der Waals surface area (Å²) in [7, 11) is 0. The zero-order valence-electron chi connectivity index (χ0n) is 12.7. The van der Waals surface area contributed by atoms with Crippen molar-refractivity contribution >= 4 is 5.78 Å². The molecule has 4 heteroatoms. The molecule has 1 aliphatic rings. The summed E-state index contributed by atoms with van der Waals surface area (Å²) in [5.74, 6) is 0.00814. The smallest absolute Gasteiger partial charge is 0.152 e. The summed E-state index contributed by atoms with van der Waals surface area (Å²) in [5.41, 5.74) is 0.159. The molecule has 0 aromatic heterocycles. The maximum Gasteiger partial charge on any atom is 0.152 e. The number of nitrogens with one attached hydrogen (secondary N) is 1. The Labute approximate surface area is 116 Å². The van der Waals surface area contributed by atoms with Gasteiger partial charge >= 0.3 is 0 Å². The first-order valence-electron chi connectivity index (χ1n) is 6.68. The molecule has 1 heterocycles. The van der Waals surface area contributed by atoms with Gasteiger partial charge in [0.15, 0.2) is 5.78 Å². The van der Waals surface area contributed by atoms with E-state index in [0.29, 0.717) is 0 Å². The van der Waals surface area contributed by atoms with Crippen molar-refractivity contribution in [1.29, 1.82) is 0 Å². The van der Waals surface area contributed by atoms with E-state index in [1.54, 1.807) is 6.08 Å². The monoisotopic (exact) mass is 266 g/mol. The third-order valence-electron chi connectivity index (χ3n) is 3.55. The molecular weight excluding hydrogens is 240 g/mol. The van der Waals surface area contributed by atoms with E-state index in [4.69, 9.17) is 0 Å². The van der Waals surface area contributed by atoms with Gasteiger partial charge in [-0.2, -0.15) is 5.06 Å². The van der Waals surface area contributed by atoms with Gasteiger partial charge in [0, 0.05) is 22.8 Å². The number of piperidine rings is 1. The SMILES string of the molecule is C=C(/C=C\C(C)=O)NC1CC(C)(C)N(O)C(C)(C)C1. The molecule has 0 aromatic rings. The topological polar surface area (TPSA) is 52.6 Å². The molecule has 19 heavy (non-hydrogen) atoms. The Hall–Kier alpha value is -1.13. The molecule has 4 nitrogen and oxygen atoms in total. The fraction of sp³-hybridized carbons (Fsp3) is 0.667. The fourth-order valence-electron chi connectivity index (χ4n) is 2.90. The number of hydrogen-bond donors (Lipinski definition) is 2. The highest BCUT2D eigenvalue weighted by Crippen LogP contribution is 2.36. The van der Waals surface area contributed by atoms with Gasteiger partial charge < -0.3 is 10.5 Å². The van der Waals surface area contributed by atoms with Gasteiger partial charge in [0.25, 0.3) is 0 Å². The highest BCUT2D eigenvalue weighted by atomic mass is 16.5. The third-order valence-corrected chi connectivity index (χ3v) is 3.55. The zero-order valence-corrected chi connectivity index (χ0v) is 12.7. The number of hydroxylamine groups is 2. The van der Waals surface area contributed by atoms with Crippen LogP contribution in [0.3, 0.4) is 0 Å². The van der Waals surface area contributed by atoms with Gasteiger partial charge in [0.2, 0.25) is 0 Å². The predicted octanol–water partition coefficient (Wildman–Crippen LogP) is 2.65. The molecule has 0 bridgehead atoms. The van der Waals surface area contributed by atoms with Crippen LogP contribution < -0.4 is 5.32 Å². The number of nitrogens with zero attached hydrogens (tertiary/aromatic N) is 1. The van der Waals surface area contributed by atoms with Gasteiger partial charge in [-0.15, -0.1) is 0 Å². The van der Waals surface area contributed by atoms with Crippen LogP contribution in [0.4, 0.5) is 0 Å². The minimum Gasteiger partial charge on any atom is -0.383 e. The van der Waals surface area contributed by atoms with Crippen molar-refractivity contribution in [2.75, 3.05) is 0 Å². The number of carbonyl (C=O) groups excluding carboxylic acids is 1. The highest BCUT2D eigenvalue weighted by molar-refractivity contribution is 5.87. The first-order chi connectivity index (χ1) is 8.54. The molecular formula is C15H26N2O2. The van der Waals surface area contributed by atoms with E-state index in [-0.39, 0.29) is 22.9 Å². The van der Waals surface area contributed by atoms with Crippen molar-refractivity contribution in [3.63, 3.8) is 0 Å². The lowest BCUT2D eigenvalue weighted by Crippen LogP contribution is -2.62. The van der Waals surface area contributed by atoms with E-state index in [2.05, 4.69) is 11.9 Å². The number of allylic oxidation sites excluding steroid dienone is 2. The minimum absolute atomic E-state index is 0.00814. The Balaban J connectivity index is 2.71. The largest absolute Gasteiger partial charge is 0.383 e. The molecule has 0 saturated carbocycles. The first kappa shape index (κ1) is 15.9. The average molecular weight is 266 g/mol. The highest BCUT2D eigenvalue weighted by Gasteiger charge is 2.44. The Morgan fingerprint density at radius 2 is 1.74 bits per heavy atom. The van der Waals surface area contributed by atoms with Crippen LogP contribution >= 0.6 is 0 Å². The first-order valence-corrected chi connectivity index (χ1v) is 6.68. The number of rotatable bonds is 4. The predicted molar refractivity (Wildman–Crippen MR) is 76.9 cm³/mol. The summed E-state index contributed by atoms with van der Waals surface area (Å²) in [5, 5.41) is 15.0. The van der Waals surface area contributed by atoms with E-state index in [9.17, 15) is 10.0 Å². The molecule has 1 rings (SSSR count). The van der Waals surface area contributed by atoms with Gasteiger partial charge in [-0.3, -0.25) is 4.79 Å². The number of hydrogen-bond acceptors (Lipinski definition) is 4. The van der Waals surface area contributed by atoms with Crippen molar-refractivity contribution in [2.45, 2.75) is 64.6 Å². The van der Waals surface area contributed by atoms with E-state index in [1.807, 2.05) is 27.7 Å². The number of ketones is 1. The summed E-state index contributed by atoms with van der Waals surface area (Å²) in [4.78, 5) is 10.9. The number of carbonyl (C=O) groups is 1. The van der Waals surface area contributed by atoms with E-state index in [0.717, 1.165) is 18.5 Å². The second-order valence-electron chi connectivity index (χ2n) is 6.66. The Kier molecular flexibility index (Phi) is 4.59. The maximum atomic E-state index is 10.9. The Morgan fingerprint density at radius 1 is 1.26 bits per heavy atom. The normalized spacial score (nSPS) is 23.5. The second-order valence-corrected chi connectivity index (χ2v) is 6.66. The van der Waals surface area contributed by atoms with Crippen molar-refractivity contribution in [3.8, 4) is 0 Å². The summed E-state index contributed by atoms with van der Waals surface area (Å²) < 4.78 is 0. The molecule has 0 aliphatic carbocycles. The molecule has 0 unspecified atom stereocenters. The average Bonchev–Trinajstić information content (AvgIpc) is 2.22. The van der Waals surface area contributed by atoms with E-state index >= 15 is 0 Å². The molecule has 2 N–H and O–H groups in total. The van der Waals surface area contributed by atoms with Gasteiger partial charge in [0.05, 0.1) is 0 Å². The molecule has 0 aromatic carbocycles. The van der Waals surface area contributed by atoms with Crippen LogP contribution in [0.2, 0.25) is 0 Å². The lowest BCUT2D eigenvalue weighted by molar-refractivity contribution is -0.245. The molecule has 108 valence electrons. The van der Waals surface area contributed by atoms with Crippen LogP contribution in [-0.4, -0.2) is 33.2 Å². The standard InChI is InChI=1S/C15H26N2O2/c1-11(7-8-12(2)18)16-13-9-14(3,4)17(19)15(5,6)10-13/h7-8,13,16,19H,1,9-10H2,2-6H3/b8-7-. The lowest BCUT2D eigenvalue weighted by Gasteiger charge is -2.51. The quantitative estimate of drug-likeness (QED) is 0.607. The van der Waals surface area contributed by atoms with Crippen molar-refractivity contribution in [3.05, 3.63) is 24.4 Å². The van der Waals surface area contributed by atoms with Gasteiger partial charge in [0.1, 0.15) is 0 Å². The van der Waals surface area contributed by atoms with Gasteiger partial charge in [-0.05, 0) is 59.6 Å². The molecule has 0 spiro atoms. The van der Waals surface area contributed by atoms with Crippen LogP contribution in [0.5, 0.6) is 0 Å². The summed E-state index contributed by atoms with van der Waals surface area (Å²) in [6, 6.07) is 0.234. The fourth-order valence-corrected chi connectivity index (χ4v) is 2.90. The van der Waals surface area contributed by atoms with Crippen LogP contribution in [0.1, 0.15) is 47.5 Å². The Bertz CT molecular complexity index is 379. The Morgan fingerprint density at radius 3 is 2.16 bits per heavy atom. The maximum absolute atomic E-state index is 10.9. The summed E-state index contributed by atoms with van der Waals surface area (Å²) >= 11 is 0. The molecule has 1 aliphatic heterocycles. The summed E-state index contributed by atoms with van der Waals surface area (Å²) in [6.45, 7) is 13.5. The van der Waals surface area contributed by atoms with Crippen LogP contribution in [0, 0.1) is 0 Å². The van der Waals surface area contributed by atoms with Crippen molar-refractivity contribution < 1.29 is 10.0 Å². The van der Waals surface area contributed by atoms with Crippen molar-refractivity contribution in [2.24, 2.45) is 0 Å². The van der Waals surface area contributed by atoms with E-state index < -0.39 is 0 Å². The summed E-state index contributed by atoms with van der Waals surface area (Å²) in [6.07, 6.45) is 4.85. The van der Waals surface area contributed by atoms with Gasteiger partial charge in [-0.1, -0.05) is 6.58 Å². The molecule has 0 amide bonds.